The lowest BCUT2D eigenvalue weighted by molar-refractivity contribution is 0.243. The van der Waals surface area contributed by atoms with E-state index >= 15 is 0 Å². The first-order valence-electron chi connectivity index (χ1n) is 14.9. The van der Waals surface area contributed by atoms with Crippen LogP contribution in [0.25, 0.3) is 6.08 Å². The van der Waals surface area contributed by atoms with Crippen molar-refractivity contribution in [3.63, 3.8) is 0 Å². The van der Waals surface area contributed by atoms with Crippen LogP contribution in [0.2, 0.25) is 5.02 Å². The third kappa shape index (κ3) is 14.4. The van der Waals surface area contributed by atoms with Gasteiger partial charge in [-0.15, -0.1) is 6.58 Å². The molecule has 1 heterocycles. The van der Waals surface area contributed by atoms with Gasteiger partial charge in [-0.2, -0.15) is 0 Å². The molecule has 1 aliphatic carbocycles. The van der Waals surface area contributed by atoms with Crippen LogP contribution in [0.5, 0.6) is 0 Å². The summed E-state index contributed by atoms with van der Waals surface area (Å²) < 4.78 is 25.5. The molecule has 7 heteroatoms. The number of halogens is 1. The molecule has 0 aromatic heterocycles. The summed E-state index contributed by atoms with van der Waals surface area (Å²) in [6.45, 7) is 16.5. The molecule has 1 saturated heterocycles. The topological polar surface area (TPSA) is 75.8 Å². The van der Waals surface area contributed by atoms with E-state index in [0.29, 0.717) is 24.9 Å². The molecule has 0 spiro atoms. The molecule has 41 heavy (non-hydrogen) atoms. The summed E-state index contributed by atoms with van der Waals surface area (Å²) in [6, 6.07) is 6.22. The first-order valence-corrected chi connectivity index (χ1v) is 17.1. The van der Waals surface area contributed by atoms with Crippen LogP contribution in [0, 0.1) is 5.92 Å². The van der Waals surface area contributed by atoms with Crippen LogP contribution < -0.4 is 5.73 Å². The lowest BCUT2D eigenvalue weighted by Crippen LogP contribution is -2.39. The monoisotopic (exact) mass is 603 g/mol. The highest BCUT2D eigenvalue weighted by Gasteiger charge is 2.33. The number of allylic oxidation sites excluding steroid dienone is 6. The maximum atomic E-state index is 11.9. The Kier molecular flexibility index (Phi) is 20.9. The van der Waals surface area contributed by atoms with E-state index in [1.54, 1.807) is 29.0 Å². The molecular formula is C34H54ClN3O2S. The van der Waals surface area contributed by atoms with Crippen molar-refractivity contribution in [2.24, 2.45) is 16.6 Å². The third-order valence-corrected chi connectivity index (χ3v) is 8.30. The fourth-order valence-electron chi connectivity index (χ4n) is 4.92. The van der Waals surface area contributed by atoms with E-state index in [-0.39, 0.29) is 0 Å². The minimum Gasteiger partial charge on any atom is -0.405 e. The molecule has 2 aliphatic rings. The lowest BCUT2D eigenvalue weighted by Gasteiger charge is -2.35. The molecule has 0 radical (unpaired) electrons. The SMILES string of the molecule is C=CC.CC.CC=N/C=C\C.CCCCC1=Cc2cc(Cl)ccc2C(C2CCN(S(C)(=O)=O)CC2)C/C1=C\C=C/N. The van der Waals surface area contributed by atoms with Gasteiger partial charge in [0.05, 0.1) is 6.26 Å². The second kappa shape index (κ2) is 22.2. The predicted molar refractivity (Wildman–Crippen MR) is 183 cm³/mol. The van der Waals surface area contributed by atoms with Crippen molar-refractivity contribution in [2.75, 3.05) is 19.3 Å². The van der Waals surface area contributed by atoms with Gasteiger partial charge in [-0.3, -0.25) is 4.99 Å². The van der Waals surface area contributed by atoms with Crippen LogP contribution in [0.1, 0.15) is 97.1 Å². The van der Waals surface area contributed by atoms with Gasteiger partial charge in [-0.1, -0.05) is 69.2 Å². The summed E-state index contributed by atoms with van der Waals surface area (Å²) in [5.74, 6) is 0.777. The van der Waals surface area contributed by atoms with Crippen LogP contribution in [-0.2, 0) is 10.0 Å². The number of nitrogens with two attached hydrogens (primary N) is 1. The molecule has 1 aromatic carbocycles. The zero-order valence-electron chi connectivity index (χ0n) is 26.4. The number of fused-ring (bicyclic) bond motifs is 1. The number of aliphatic imine (C=N–C) groups is 1. The van der Waals surface area contributed by atoms with Crippen LogP contribution in [0.4, 0.5) is 0 Å². The Morgan fingerprint density at radius 3 is 2.29 bits per heavy atom. The molecule has 0 saturated carbocycles. The summed E-state index contributed by atoms with van der Waals surface area (Å²) in [6.07, 6.45) is 22.4. The van der Waals surface area contributed by atoms with E-state index in [1.807, 2.05) is 52.8 Å². The Hall–Kier alpha value is -2.41. The van der Waals surface area contributed by atoms with Gasteiger partial charge in [0.1, 0.15) is 0 Å². The van der Waals surface area contributed by atoms with Crippen molar-refractivity contribution in [3.05, 3.63) is 88.8 Å². The quantitative estimate of drug-likeness (QED) is 0.249. The highest BCUT2D eigenvalue weighted by atomic mass is 35.5. The Balaban J connectivity index is 0.00000125. The van der Waals surface area contributed by atoms with Crippen LogP contribution in [0.3, 0.4) is 0 Å². The van der Waals surface area contributed by atoms with Gasteiger partial charge < -0.3 is 5.73 Å². The van der Waals surface area contributed by atoms with Crippen molar-refractivity contribution in [1.29, 1.82) is 0 Å². The minimum atomic E-state index is -3.12. The molecule has 1 fully saturated rings. The fraction of sp³-hybridized carbons (Fsp3) is 0.500. The Morgan fingerprint density at radius 2 is 1.80 bits per heavy atom. The number of sulfonamides is 1. The zero-order chi connectivity index (χ0) is 31.3. The predicted octanol–water partition coefficient (Wildman–Crippen LogP) is 9.30. The van der Waals surface area contributed by atoms with E-state index in [4.69, 9.17) is 17.3 Å². The fourth-order valence-corrected chi connectivity index (χ4v) is 5.97. The average Bonchev–Trinajstić information content (AvgIpc) is 3.11. The van der Waals surface area contributed by atoms with Gasteiger partial charge in [0.2, 0.25) is 10.0 Å². The Morgan fingerprint density at radius 1 is 1.17 bits per heavy atom. The summed E-state index contributed by atoms with van der Waals surface area (Å²) in [5, 5.41) is 0.750. The molecule has 0 amide bonds. The molecule has 1 atom stereocenters. The molecule has 230 valence electrons. The van der Waals surface area contributed by atoms with E-state index in [0.717, 1.165) is 43.5 Å². The van der Waals surface area contributed by atoms with Gasteiger partial charge in [0.15, 0.2) is 0 Å². The summed E-state index contributed by atoms with van der Waals surface area (Å²) in [7, 11) is -3.12. The standard InChI is InChI=1S/C24H33ClN2O2S.C5H9N.C3H6.C2H6/c1-3-4-6-19-15-21-16-22(25)8-9-23(21)24(17-20(19)7-5-12-26)18-10-13-27(14-11-18)30(2,28)29;1-3-5-6-4-2;1-3-2;1-2/h5,7-9,12,15-16,18,24H,3-4,6,10-11,13-14,17,26H2,1-2H3;3-5H,1-2H3;3H,1H2,2H3;1-2H3/b12-5-,20-7+;5-3-,6-4?;;. The molecule has 0 bridgehead atoms. The summed E-state index contributed by atoms with van der Waals surface area (Å²) in [5.41, 5.74) is 10.9. The van der Waals surface area contributed by atoms with Gasteiger partial charge in [-0.05, 0) is 111 Å². The van der Waals surface area contributed by atoms with Crippen LogP contribution >= 0.6 is 11.6 Å². The van der Waals surface area contributed by atoms with Gasteiger partial charge in [0.25, 0.3) is 0 Å². The van der Waals surface area contributed by atoms with E-state index in [2.05, 4.69) is 42.8 Å². The van der Waals surface area contributed by atoms with Gasteiger partial charge >= 0.3 is 0 Å². The molecule has 2 N–H and O–H groups in total. The Labute approximate surface area is 256 Å². The van der Waals surface area contributed by atoms with E-state index in [1.165, 1.54) is 28.5 Å². The van der Waals surface area contributed by atoms with Crippen molar-refractivity contribution in [3.8, 4) is 0 Å². The molecule has 1 aromatic rings. The molecule has 3 rings (SSSR count). The number of unbranched alkanes of at least 4 members (excludes halogenated alkanes) is 1. The largest absolute Gasteiger partial charge is 0.405 e. The number of nitrogens with zero attached hydrogens (tertiary/aromatic N) is 2. The number of piperidine rings is 1. The number of rotatable bonds is 7. The first-order chi connectivity index (χ1) is 19.7. The second-order valence-corrected chi connectivity index (χ2v) is 12.2. The van der Waals surface area contributed by atoms with Crippen molar-refractivity contribution >= 4 is 33.9 Å². The smallest absolute Gasteiger partial charge is 0.211 e. The van der Waals surface area contributed by atoms with Gasteiger partial charge in [-0.25, -0.2) is 12.7 Å². The van der Waals surface area contributed by atoms with E-state index in [9.17, 15) is 8.42 Å². The lowest BCUT2D eigenvalue weighted by atomic mass is 9.76. The molecule has 1 aliphatic heterocycles. The number of hydrogen-bond donors (Lipinski definition) is 1. The molecule has 1 unspecified atom stereocenters. The average molecular weight is 604 g/mol. The molecular weight excluding hydrogens is 550 g/mol. The zero-order valence-corrected chi connectivity index (χ0v) is 28.0. The van der Waals surface area contributed by atoms with Crippen LogP contribution in [-0.4, -0.2) is 38.3 Å². The third-order valence-electron chi connectivity index (χ3n) is 6.76. The first kappa shape index (κ1) is 38.6. The maximum Gasteiger partial charge on any atom is 0.211 e. The van der Waals surface area contributed by atoms with Crippen molar-refractivity contribution in [2.45, 2.75) is 86.0 Å². The highest BCUT2D eigenvalue weighted by Crippen LogP contribution is 2.44. The van der Waals surface area contributed by atoms with Gasteiger partial charge in [0, 0.05) is 30.5 Å². The highest BCUT2D eigenvalue weighted by molar-refractivity contribution is 7.88. The normalized spacial score (nSPS) is 18.9. The molecule has 5 nitrogen and oxygen atoms in total. The van der Waals surface area contributed by atoms with Crippen LogP contribution in [0.15, 0.2) is 77.6 Å². The minimum absolute atomic E-state index is 0.340. The Bertz CT molecular complexity index is 1130. The number of benzene rings is 1. The van der Waals surface area contributed by atoms with Crippen molar-refractivity contribution < 1.29 is 8.42 Å². The summed E-state index contributed by atoms with van der Waals surface area (Å²) >= 11 is 6.36. The van der Waals surface area contributed by atoms with Crippen molar-refractivity contribution in [1.82, 2.24) is 4.31 Å². The van der Waals surface area contributed by atoms with E-state index < -0.39 is 10.0 Å². The maximum absolute atomic E-state index is 11.9. The number of hydrogen-bond acceptors (Lipinski definition) is 4. The summed E-state index contributed by atoms with van der Waals surface area (Å²) in [4.78, 5) is 3.78. The second-order valence-electron chi connectivity index (χ2n) is 9.73.